The highest BCUT2D eigenvalue weighted by Crippen LogP contribution is 2.24. The minimum absolute atomic E-state index is 0.127. The first kappa shape index (κ1) is 18.3. The van der Waals surface area contributed by atoms with Gasteiger partial charge in [0.05, 0.1) is 12.6 Å². The van der Waals surface area contributed by atoms with Crippen LogP contribution in [0.5, 0.6) is 0 Å². The summed E-state index contributed by atoms with van der Waals surface area (Å²) in [6.45, 7) is 7.51. The van der Waals surface area contributed by atoms with Crippen LogP contribution >= 0.6 is 27.3 Å². The third kappa shape index (κ3) is 5.24. The van der Waals surface area contributed by atoms with Gasteiger partial charge in [0.15, 0.2) is 5.78 Å². The van der Waals surface area contributed by atoms with Crippen molar-refractivity contribution in [1.29, 1.82) is 0 Å². The predicted molar refractivity (Wildman–Crippen MR) is 101 cm³/mol. The molecule has 0 saturated carbocycles. The van der Waals surface area contributed by atoms with Crippen molar-refractivity contribution < 1.29 is 4.79 Å². The molecule has 0 aliphatic heterocycles. The van der Waals surface area contributed by atoms with E-state index in [0.29, 0.717) is 12.6 Å². The van der Waals surface area contributed by atoms with Crippen molar-refractivity contribution in [2.24, 2.45) is 0 Å². The fourth-order valence-electron chi connectivity index (χ4n) is 2.62. The minimum atomic E-state index is 0.127. The van der Waals surface area contributed by atoms with Crippen molar-refractivity contribution in [3.05, 3.63) is 56.7 Å². The van der Waals surface area contributed by atoms with Crippen LogP contribution in [-0.4, -0.2) is 36.9 Å². The summed E-state index contributed by atoms with van der Waals surface area (Å²) in [5.74, 6) is 0.127. The van der Waals surface area contributed by atoms with Crippen LogP contribution in [0.1, 0.15) is 35.1 Å². The Bertz CT molecular complexity index is 594. The molecule has 23 heavy (non-hydrogen) atoms. The Kier molecular flexibility index (Phi) is 7.43. The molecule has 1 aromatic carbocycles. The molecule has 0 bridgehead atoms. The summed E-state index contributed by atoms with van der Waals surface area (Å²) in [6.07, 6.45) is 0. The number of thiophene rings is 1. The van der Waals surface area contributed by atoms with E-state index >= 15 is 0 Å². The molecule has 0 aliphatic carbocycles. The highest BCUT2D eigenvalue weighted by atomic mass is 79.9. The van der Waals surface area contributed by atoms with E-state index in [0.717, 1.165) is 29.7 Å². The molecule has 2 aromatic rings. The number of Topliss-reactive ketones (excluding diaryl/α,β-unsaturated/α-hetero) is 1. The summed E-state index contributed by atoms with van der Waals surface area (Å²) in [4.78, 5) is 16.0. The largest absolute Gasteiger partial charge is 0.308 e. The van der Waals surface area contributed by atoms with E-state index in [1.807, 2.05) is 24.3 Å². The summed E-state index contributed by atoms with van der Waals surface area (Å²) < 4.78 is 0.987. The van der Waals surface area contributed by atoms with Gasteiger partial charge in [0.1, 0.15) is 0 Å². The summed E-state index contributed by atoms with van der Waals surface area (Å²) in [5.41, 5.74) is 0.746. The van der Waals surface area contributed by atoms with Gasteiger partial charge in [-0.05, 0) is 36.7 Å². The Labute approximate surface area is 150 Å². The van der Waals surface area contributed by atoms with Gasteiger partial charge in [0, 0.05) is 21.5 Å². The Morgan fingerprint density at radius 1 is 1.22 bits per heavy atom. The molecule has 0 aliphatic rings. The number of benzene rings is 1. The summed E-state index contributed by atoms with van der Waals surface area (Å²) in [7, 11) is 0. The van der Waals surface area contributed by atoms with Crippen LogP contribution in [0.2, 0.25) is 0 Å². The van der Waals surface area contributed by atoms with Gasteiger partial charge in [0.25, 0.3) is 0 Å². The summed E-state index contributed by atoms with van der Waals surface area (Å²) in [5, 5.41) is 5.45. The maximum absolute atomic E-state index is 12.2. The van der Waals surface area contributed by atoms with Crippen molar-refractivity contribution in [3.63, 3.8) is 0 Å². The first-order chi connectivity index (χ1) is 11.2. The second-order valence-electron chi connectivity index (χ2n) is 5.31. The quantitative estimate of drug-likeness (QED) is 0.640. The van der Waals surface area contributed by atoms with Crippen LogP contribution in [0.4, 0.5) is 0 Å². The van der Waals surface area contributed by atoms with Gasteiger partial charge in [-0.25, -0.2) is 0 Å². The van der Waals surface area contributed by atoms with Crippen LogP contribution in [0.3, 0.4) is 0 Å². The predicted octanol–water partition coefficient (Wildman–Crippen LogP) is 4.37. The van der Waals surface area contributed by atoms with Crippen molar-refractivity contribution in [2.75, 3.05) is 26.2 Å². The Morgan fingerprint density at radius 2 is 1.91 bits per heavy atom. The Balaban J connectivity index is 1.93. The average Bonchev–Trinajstić information content (AvgIpc) is 3.09. The van der Waals surface area contributed by atoms with Gasteiger partial charge in [-0.1, -0.05) is 48.0 Å². The van der Waals surface area contributed by atoms with Crippen molar-refractivity contribution in [3.8, 4) is 0 Å². The summed E-state index contributed by atoms with van der Waals surface area (Å²) in [6, 6.07) is 12.1. The zero-order chi connectivity index (χ0) is 16.7. The van der Waals surface area contributed by atoms with Crippen molar-refractivity contribution >= 4 is 33.0 Å². The number of likely N-dealkylation sites (N-methyl/N-ethyl adjacent to an activating group) is 1. The van der Waals surface area contributed by atoms with Gasteiger partial charge >= 0.3 is 0 Å². The topological polar surface area (TPSA) is 32.3 Å². The number of carbonyl (C=O) groups is 1. The smallest absolute Gasteiger partial charge is 0.176 e. The number of nitrogens with zero attached hydrogens (tertiary/aromatic N) is 1. The lowest BCUT2D eigenvalue weighted by Gasteiger charge is -2.29. The van der Waals surface area contributed by atoms with Crippen LogP contribution in [-0.2, 0) is 0 Å². The van der Waals surface area contributed by atoms with E-state index in [-0.39, 0.29) is 5.78 Å². The zero-order valence-electron chi connectivity index (χ0n) is 13.6. The Hall–Kier alpha value is -1.01. The third-order valence-corrected chi connectivity index (χ3v) is 5.42. The maximum Gasteiger partial charge on any atom is 0.176 e. The monoisotopic (exact) mass is 394 g/mol. The number of carbonyl (C=O) groups excluding carboxylic acids is 1. The molecule has 3 nitrogen and oxygen atoms in total. The lowest BCUT2D eigenvalue weighted by Crippen LogP contribution is -2.37. The lowest BCUT2D eigenvalue weighted by atomic mass is 10.1. The molecule has 0 fully saturated rings. The summed E-state index contributed by atoms with van der Waals surface area (Å²) >= 11 is 5.16. The zero-order valence-corrected chi connectivity index (χ0v) is 16.0. The highest BCUT2D eigenvalue weighted by Gasteiger charge is 2.19. The van der Waals surface area contributed by atoms with E-state index in [1.54, 1.807) is 11.3 Å². The minimum Gasteiger partial charge on any atom is -0.308 e. The van der Waals surface area contributed by atoms with Crippen LogP contribution < -0.4 is 5.32 Å². The van der Waals surface area contributed by atoms with Gasteiger partial charge in [-0.15, -0.1) is 11.3 Å². The second kappa shape index (κ2) is 9.33. The molecule has 2 rings (SSSR count). The first-order valence-electron chi connectivity index (χ1n) is 7.92. The molecule has 0 radical (unpaired) electrons. The second-order valence-corrected chi connectivity index (χ2v) is 7.21. The van der Waals surface area contributed by atoms with E-state index in [1.165, 1.54) is 4.88 Å². The fourth-order valence-corrected chi connectivity index (χ4v) is 3.74. The van der Waals surface area contributed by atoms with Crippen molar-refractivity contribution in [1.82, 2.24) is 10.2 Å². The van der Waals surface area contributed by atoms with Gasteiger partial charge in [-0.2, -0.15) is 0 Å². The molecular formula is C18H23BrN2OS. The van der Waals surface area contributed by atoms with E-state index in [9.17, 15) is 4.79 Å². The molecule has 1 unspecified atom stereocenters. The molecule has 1 atom stereocenters. The number of hydrogen-bond acceptors (Lipinski definition) is 4. The van der Waals surface area contributed by atoms with E-state index in [2.05, 4.69) is 57.5 Å². The fraction of sp³-hybridized carbons (Fsp3) is 0.389. The highest BCUT2D eigenvalue weighted by molar-refractivity contribution is 9.10. The van der Waals surface area contributed by atoms with E-state index in [4.69, 9.17) is 0 Å². The molecule has 0 spiro atoms. The number of nitrogens with one attached hydrogen (secondary N) is 1. The average molecular weight is 395 g/mol. The third-order valence-electron chi connectivity index (χ3n) is 3.91. The first-order valence-corrected chi connectivity index (χ1v) is 9.59. The molecule has 5 heteroatoms. The van der Waals surface area contributed by atoms with Gasteiger partial charge in [0.2, 0.25) is 0 Å². The van der Waals surface area contributed by atoms with Gasteiger partial charge in [-0.3, -0.25) is 9.69 Å². The molecule has 0 saturated heterocycles. The normalized spacial score (nSPS) is 12.5. The van der Waals surface area contributed by atoms with Crippen LogP contribution in [0.15, 0.2) is 46.3 Å². The van der Waals surface area contributed by atoms with Crippen LogP contribution in [0, 0.1) is 0 Å². The van der Waals surface area contributed by atoms with Gasteiger partial charge < -0.3 is 5.32 Å². The SMILES string of the molecule is CCN(CC)C(CNCC(=O)c1ccc(Br)cc1)c1cccs1. The molecular weight excluding hydrogens is 372 g/mol. The molecule has 1 heterocycles. The molecule has 1 aromatic heterocycles. The lowest BCUT2D eigenvalue weighted by molar-refractivity contribution is 0.0987. The number of hydrogen-bond donors (Lipinski definition) is 1. The number of rotatable bonds is 9. The number of halogens is 1. The number of ketones is 1. The maximum atomic E-state index is 12.2. The molecule has 124 valence electrons. The Morgan fingerprint density at radius 3 is 2.48 bits per heavy atom. The van der Waals surface area contributed by atoms with E-state index < -0.39 is 0 Å². The standard InChI is InChI=1S/C18H23BrN2OS/c1-3-21(4-2)16(18-6-5-11-23-18)12-20-13-17(22)14-7-9-15(19)10-8-14/h5-11,16,20H,3-4,12-13H2,1-2H3. The molecule has 1 N–H and O–H groups in total. The van der Waals surface area contributed by atoms with Crippen LogP contribution in [0.25, 0.3) is 0 Å². The van der Waals surface area contributed by atoms with Crippen molar-refractivity contribution in [2.45, 2.75) is 19.9 Å². The molecule has 0 amide bonds.